The van der Waals surface area contributed by atoms with Gasteiger partial charge in [-0.1, -0.05) is 26.0 Å². The summed E-state index contributed by atoms with van der Waals surface area (Å²) in [7, 11) is 0. The third kappa shape index (κ3) is 2.33. The van der Waals surface area contributed by atoms with Crippen molar-refractivity contribution in [2.24, 2.45) is 5.92 Å². The summed E-state index contributed by atoms with van der Waals surface area (Å²) in [5, 5.41) is 4.38. The topological polar surface area (TPSA) is 34.9 Å². The van der Waals surface area contributed by atoms with Crippen LogP contribution in [0.2, 0.25) is 0 Å². The molecule has 0 amide bonds. The predicted octanol–water partition coefficient (Wildman–Crippen LogP) is 3.34. The minimum absolute atomic E-state index is 0.270. The summed E-state index contributed by atoms with van der Waals surface area (Å²) < 4.78 is 1.97. The molecule has 1 aromatic carbocycles. The molecular formula is C16H18N2O. The van der Waals surface area contributed by atoms with E-state index in [-0.39, 0.29) is 5.78 Å². The van der Waals surface area contributed by atoms with Crippen LogP contribution in [0.5, 0.6) is 0 Å². The van der Waals surface area contributed by atoms with E-state index in [1.165, 1.54) is 5.56 Å². The molecule has 0 bridgehead atoms. The number of carbonyl (C=O) groups excluding carboxylic acids is 1. The molecule has 1 aliphatic rings. The van der Waals surface area contributed by atoms with Crippen molar-refractivity contribution in [1.82, 2.24) is 9.78 Å². The Hall–Kier alpha value is -1.90. The number of Topliss-reactive ketones (excluding diaryl/α,β-unsaturated/α-hetero) is 1. The number of aryl methyl sites for hydroxylation is 1. The molecule has 1 aliphatic carbocycles. The molecule has 0 unspecified atom stereocenters. The molecule has 0 radical (unpaired) electrons. The monoisotopic (exact) mass is 254 g/mol. The number of rotatable bonds is 3. The van der Waals surface area contributed by atoms with E-state index < -0.39 is 0 Å². The summed E-state index contributed by atoms with van der Waals surface area (Å²) in [6, 6.07) is 6.19. The molecule has 0 aliphatic heterocycles. The minimum Gasteiger partial charge on any atom is -0.294 e. The molecule has 1 heterocycles. The van der Waals surface area contributed by atoms with Crippen LogP contribution in [0.15, 0.2) is 30.6 Å². The van der Waals surface area contributed by atoms with Crippen LogP contribution in [-0.4, -0.2) is 15.6 Å². The molecule has 98 valence electrons. The van der Waals surface area contributed by atoms with E-state index in [4.69, 9.17) is 0 Å². The minimum atomic E-state index is 0.270. The van der Waals surface area contributed by atoms with Crippen LogP contribution in [0.1, 0.15) is 36.2 Å². The number of nitrogens with zero attached hydrogens (tertiary/aromatic N) is 2. The van der Waals surface area contributed by atoms with Crippen molar-refractivity contribution in [2.45, 2.75) is 33.2 Å². The highest BCUT2D eigenvalue weighted by Gasteiger charge is 2.19. The van der Waals surface area contributed by atoms with Gasteiger partial charge in [0.05, 0.1) is 6.20 Å². The van der Waals surface area contributed by atoms with E-state index in [0.717, 1.165) is 29.7 Å². The maximum atomic E-state index is 11.8. The number of hydrogen-bond donors (Lipinski definition) is 0. The zero-order valence-corrected chi connectivity index (χ0v) is 11.4. The number of hydrogen-bond acceptors (Lipinski definition) is 2. The van der Waals surface area contributed by atoms with E-state index in [1.54, 1.807) is 0 Å². The fraction of sp³-hybridized carbons (Fsp3) is 0.375. The van der Waals surface area contributed by atoms with Gasteiger partial charge in [0.25, 0.3) is 0 Å². The van der Waals surface area contributed by atoms with Crippen molar-refractivity contribution in [1.29, 1.82) is 0 Å². The summed E-state index contributed by atoms with van der Waals surface area (Å²) in [5.41, 5.74) is 4.25. The maximum absolute atomic E-state index is 11.8. The van der Waals surface area contributed by atoms with Gasteiger partial charge in [-0.3, -0.25) is 9.48 Å². The van der Waals surface area contributed by atoms with Crippen LogP contribution >= 0.6 is 0 Å². The third-order valence-corrected chi connectivity index (χ3v) is 3.55. The van der Waals surface area contributed by atoms with Crippen molar-refractivity contribution in [3.63, 3.8) is 0 Å². The largest absolute Gasteiger partial charge is 0.294 e. The van der Waals surface area contributed by atoms with Gasteiger partial charge in [0, 0.05) is 30.3 Å². The van der Waals surface area contributed by atoms with Gasteiger partial charge >= 0.3 is 0 Å². The lowest BCUT2D eigenvalue weighted by molar-refractivity contribution is 0.0994. The fourth-order valence-electron chi connectivity index (χ4n) is 2.60. The zero-order valence-electron chi connectivity index (χ0n) is 11.4. The van der Waals surface area contributed by atoms with E-state index in [2.05, 4.69) is 37.3 Å². The van der Waals surface area contributed by atoms with Gasteiger partial charge < -0.3 is 0 Å². The van der Waals surface area contributed by atoms with E-state index in [0.29, 0.717) is 12.3 Å². The Morgan fingerprint density at radius 1 is 1.26 bits per heavy atom. The summed E-state index contributed by atoms with van der Waals surface area (Å²) >= 11 is 0. The Balaban J connectivity index is 1.92. The summed E-state index contributed by atoms with van der Waals surface area (Å²) in [6.45, 7) is 5.27. The van der Waals surface area contributed by atoms with Crippen LogP contribution < -0.4 is 0 Å². The van der Waals surface area contributed by atoms with E-state index in [1.807, 2.05) is 16.9 Å². The highest BCUT2D eigenvalue weighted by molar-refractivity contribution is 6.01. The molecular weight excluding hydrogens is 236 g/mol. The van der Waals surface area contributed by atoms with Crippen molar-refractivity contribution >= 4 is 5.78 Å². The Labute approximate surface area is 113 Å². The number of ketones is 1. The van der Waals surface area contributed by atoms with Gasteiger partial charge in [-0.2, -0.15) is 5.10 Å². The second-order valence-electron chi connectivity index (χ2n) is 5.64. The Morgan fingerprint density at radius 3 is 2.89 bits per heavy atom. The summed E-state index contributed by atoms with van der Waals surface area (Å²) in [6.07, 6.45) is 5.48. The average molecular weight is 254 g/mol. The Bertz CT molecular complexity index is 625. The molecule has 0 saturated carbocycles. The Morgan fingerprint density at radius 2 is 2.11 bits per heavy atom. The standard InChI is InChI=1S/C16H18N2O/c1-11(2)9-18-10-14(8-17-18)13-4-3-12-5-6-16(19)15(12)7-13/h3-4,7-8,10-11H,5-6,9H2,1-2H3. The molecule has 0 spiro atoms. The van der Waals surface area contributed by atoms with Crippen LogP contribution in [0, 0.1) is 5.92 Å². The van der Waals surface area contributed by atoms with Gasteiger partial charge in [0.2, 0.25) is 0 Å². The molecule has 3 heteroatoms. The second-order valence-corrected chi connectivity index (χ2v) is 5.64. The molecule has 0 N–H and O–H groups in total. The molecule has 3 rings (SSSR count). The predicted molar refractivity (Wildman–Crippen MR) is 75.2 cm³/mol. The highest BCUT2D eigenvalue weighted by Crippen LogP contribution is 2.27. The molecule has 0 atom stereocenters. The van der Waals surface area contributed by atoms with Crippen LogP contribution in [0.25, 0.3) is 11.1 Å². The average Bonchev–Trinajstić information content (AvgIpc) is 2.96. The molecule has 19 heavy (non-hydrogen) atoms. The summed E-state index contributed by atoms with van der Waals surface area (Å²) in [5.74, 6) is 0.848. The first kappa shape index (κ1) is 12.2. The van der Waals surface area contributed by atoms with Crippen LogP contribution in [0.3, 0.4) is 0 Å². The first-order valence-electron chi connectivity index (χ1n) is 6.82. The Kier molecular flexibility index (Phi) is 2.97. The maximum Gasteiger partial charge on any atom is 0.163 e. The van der Waals surface area contributed by atoms with Gasteiger partial charge in [0.1, 0.15) is 0 Å². The second kappa shape index (κ2) is 4.65. The molecule has 0 fully saturated rings. The number of fused-ring (bicyclic) bond motifs is 1. The van der Waals surface area contributed by atoms with E-state index in [9.17, 15) is 4.79 Å². The van der Waals surface area contributed by atoms with Crippen LogP contribution in [0.4, 0.5) is 0 Å². The molecule has 3 nitrogen and oxygen atoms in total. The zero-order chi connectivity index (χ0) is 13.4. The van der Waals surface area contributed by atoms with Gasteiger partial charge in [-0.25, -0.2) is 0 Å². The van der Waals surface area contributed by atoms with E-state index >= 15 is 0 Å². The lowest BCUT2D eigenvalue weighted by Crippen LogP contribution is -2.03. The number of aromatic nitrogens is 2. The van der Waals surface area contributed by atoms with Gasteiger partial charge in [-0.15, -0.1) is 0 Å². The number of carbonyl (C=O) groups is 1. The van der Waals surface area contributed by atoms with Crippen molar-refractivity contribution in [3.8, 4) is 11.1 Å². The smallest absolute Gasteiger partial charge is 0.163 e. The van der Waals surface area contributed by atoms with Crippen LogP contribution in [-0.2, 0) is 13.0 Å². The first-order chi connectivity index (χ1) is 9.13. The SMILES string of the molecule is CC(C)Cn1cc(-c2ccc3c(c2)C(=O)CC3)cn1. The molecule has 1 aromatic heterocycles. The normalized spacial score (nSPS) is 14.2. The van der Waals surface area contributed by atoms with Crippen molar-refractivity contribution < 1.29 is 4.79 Å². The lowest BCUT2D eigenvalue weighted by Gasteiger charge is -2.04. The number of benzene rings is 1. The van der Waals surface area contributed by atoms with Gasteiger partial charge in [-0.05, 0) is 29.5 Å². The van der Waals surface area contributed by atoms with Crippen molar-refractivity contribution in [3.05, 3.63) is 41.7 Å². The molecule has 2 aromatic rings. The third-order valence-electron chi connectivity index (χ3n) is 3.55. The van der Waals surface area contributed by atoms with Crippen molar-refractivity contribution in [2.75, 3.05) is 0 Å². The molecule has 0 saturated heterocycles. The lowest BCUT2D eigenvalue weighted by atomic mass is 10.0. The quantitative estimate of drug-likeness (QED) is 0.842. The van der Waals surface area contributed by atoms with Gasteiger partial charge in [0.15, 0.2) is 5.78 Å². The highest BCUT2D eigenvalue weighted by atomic mass is 16.1. The summed E-state index contributed by atoms with van der Waals surface area (Å²) in [4.78, 5) is 11.8. The fourth-order valence-corrected chi connectivity index (χ4v) is 2.60. The first-order valence-corrected chi connectivity index (χ1v) is 6.82.